The fourth-order valence-corrected chi connectivity index (χ4v) is 2.44. The first-order valence-electron chi connectivity index (χ1n) is 6.19. The summed E-state index contributed by atoms with van der Waals surface area (Å²) in [5, 5.41) is 3.60. The zero-order valence-corrected chi connectivity index (χ0v) is 11.4. The van der Waals surface area contributed by atoms with Gasteiger partial charge in [0.25, 0.3) is 0 Å². The first-order chi connectivity index (χ1) is 7.59. The van der Waals surface area contributed by atoms with Crippen molar-refractivity contribution < 1.29 is 4.79 Å². The summed E-state index contributed by atoms with van der Waals surface area (Å²) in [5.41, 5.74) is 1.41. The average Bonchev–Trinajstić information content (AvgIpc) is 2.27. The molecule has 1 atom stereocenters. The third kappa shape index (κ3) is 5.06. The maximum atomic E-state index is 11.6. The Bertz CT molecular complexity index is 261. The van der Waals surface area contributed by atoms with Crippen LogP contribution in [-0.2, 0) is 4.79 Å². The second kappa shape index (κ2) is 7.00. The molecule has 1 aliphatic carbocycles. The summed E-state index contributed by atoms with van der Waals surface area (Å²) in [6, 6.07) is 0.223. The van der Waals surface area contributed by atoms with E-state index >= 15 is 0 Å². The third-order valence-corrected chi connectivity index (χ3v) is 3.90. The van der Waals surface area contributed by atoms with Crippen LogP contribution in [0.25, 0.3) is 0 Å². The van der Waals surface area contributed by atoms with Crippen LogP contribution in [0.1, 0.15) is 46.5 Å². The van der Waals surface area contributed by atoms with Crippen LogP contribution < -0.4 is 5.32 Å². The van der Waals surface area contributed by atoms with Crippen molar-refractivity contribution in [1.29, 1.82) is 0 Å². The molecule has 0 aromatic carbocycles. The predicted molar refractivity (Wildman–Crippen MR) is 71.7 cm³/mol. The summed E-state index contributed by atoms with van der Waals surface area (Å²) in [6.45, 7) is 6.32. The van der Waals surface area contributed by atoms with Gasteiger partial charge in [0.05, 0.1) is 5.75 Å². The largest absolute Gasteiger partial charge is 0.349 e. The molecule has 0 spiro atoms. The van der Waals surface area contributed by atoms with E-state index in [0.717, 1.165) is 6.42 Å². The molecule has 2 nitrogen and oxygen atoms in total. The highest BCUT2D eigenvalue weighted by Gasteiger charge is 2.14. The predicted octanol–water partition coefficient (Wildman–Crippen LogP) is 3.13. The molecule has 0 saturated carbocycles. The Balaban J connectivity index is 2.30. The number of carbonyl (C=O) groups excluding carboxylic acids is 1. The first-order valence-corrected chi connectivity index (χ1v) is 7.24. The smallest absolute Gasteiger partial charge is 0.230 e. The lowest BCUT2D eigenvalue weighted by Gasteiger charge is -2.21. The van der Waals surface area contributed by atoms with Crippen molar-refractivity contribution in [2.45, 2.75) is 57.7 Å². The number of hydrogen-bond donors (Lipinski definition) is 1. The van der Waals surface area contributed by atoms with Crippen LogP contribution in [0.3, 0.4) is 0 Å². The van der Waals surface area contributed by atoms with E-state index in [-0.39, 0.29) is 11.9 Å². The van der Waals surface area contributed by atoms with Gasteiger partial charge in [-0.25, -0.2) is 0 Å². The summed E-state index contributed by atoms with van der Waals surface area (Å²) in [4.78, 5) is 11.6. The topological polar surface area (TPSA) is 29.1 Å². The summed E-state index contributed by atoms with van der Waals surface area (Å²) in [5.74, 6) is 0.743. The van der Waals surface area contributed by atoms with E-state index < -0.39 is 0 Å². The zero-order valence-electron chi connectivity index (χ0n) is 10.6. The monoisotopic (exact) mass is 241 g/mol. The molecule has 1 N–H and O–H groups in total. The average molecular weight is 241 g/mol. The Labute approximate surface area is 103 Å². The van der Waals surface area contributed by atoms with Crippen LogP contribution in [0.2, 0.25) is 0 Å². The molecule has 0 aromatic rings. The normalized spacial score (nSPS) is 18.1. The number of thioether (sulfide) groups is 1. The number of hydrogen-bond acceptors (Lipinski definition) is 2. The van der Waals surface area contributed by atoms with Crippen LogP contribution in [0.15, 0.2) is 11.6 Å². The quantitative estimate of drug-likeness (QED) is 0.749. The zero-order chi connectivity index (χ0) is 12.0. The number of amides is 1. The molecule has 92 valence electrons. The molecule has 0 heterocycles. The van der Waals surface area contributed by atoms with E-state index in [0.29, 0.717) is 11.0 Å². The van der Waals surface area contributed by atoms with Crippen LogP contribution in [-0.4, -0.2) is 23.0 Å². The maximum absolute atomic E-state index is 11.6. The van der Waals surface area contributed by atoms with Gasteiger partial charge < -0.3 is 5.32 Å². The van der Waals surface area contributed by atoms with E-state index in [1.54, 1.807) is 11.8 Å². The molecular weight excluding hydrogens is 218 g/mol. The first kappa shape index (κ1) is 13.6. The molecule has 0 saturated heterocycles. The highest BCUT2D eigenvalue weighted by molar-refractivity contribution is 8.00. The third-order valence-electron chi connectivity index (χ3n) is 2.81. The van der Waals surface area contributed by atoms with Crippen molar-refractivity contribution in [2.24, 2.45) is 0 Å². The number of carbonyl (C=O) groups is 1. The lowest BCUT2D eigenvalue weighted by atomic mass is 9.95. The molecular formula is C13H23NOS. The van der Waals surface area contributed by atoms with Crippen molar-refractivity contribution in [1.82, 2.24) is 5.32 Å². The lowest BCUT2D eigenvalue weighted by molar-refractivity contribution is -0.118. The molecule has 0 radical (unpaired) electrons. The highest BCUT2D eigenvalue weighted by atomic mass is 32.2. The Morgan fingerprint density at radius 3 is 2.75 bits per heavy atom. The molecule has 1 amide bonds. The van der Waals surface area contributed by atoms with Crippen LogP contribution in [0.4, 0.5) is 0 Å². The van der Waals surface area contributed by atoms with E-state index in [4.69, 9.17) is 0 Å². The van der Waals surface area contributed by atoms with Gasteiger partial charge in [-0.05, 0) is 37.9 Å². The second-order valence-corrected chi connectivity index (χ2v) is 6.24. The van der Waals surface area contributed by atoms with Gasteiger partial charge in [-0.3, -0.25) is 4.79 Å². The van der Waals surface area contributed by atoms with Crippen LogP contribution in [0.5, 0.6) is 0 Å². The van der Waals surface area contributed by atoms with Gasteiger partial charge in [0, 0.05) is 6.04 Å². The van der Waals surface area contributed by atoms with Gasteiger partial charge in [0.1, 0.15) is 0 Å². The van der Waals surface area contributed by atoms with Gasteiger partial charge in [0.15, 0.2) is 0 Å². The van der Waals surface area contributed by atoms with Gasteiger partial charge in [-0.1, -0.05) is 25.5 Å². The fraction of sp³-hybridized carbons (Fsp3) is 0.769. The Hall–Kier alpha value is -0.440. The SMILES string of the molecule is CC(C)SCC(=O)NC(C)C1=CCCCC1. The standard InChI is InChI=1S/C13H23NOS/c1-10(2)16-9-13(15)14-11(3)12-7-5-4-6-8-12/h7,10-11H,4-6,8-9H2,1-3H3,(H,14,15). The molecule has 0 aliphatic heterocycles. The number of nitrogens with one attached hydrogen (secondary N) is 1. The van der Waals surface area contributed by atoms with Crippen molar-refractivity contribution in [3.05, 3.63) is 11.6 Å². The van der Waals surface area contributed by atoms with Crippen molar-refractivity contribution in [2.75, 3.05) is 5.75 Å². The second-order valence-electron chi connectivity index (χ2n) is 4.67. The number of rotatable bonds is 5. The summed E-state index contributed by atoms with van der Waals surface area (Å²) in [6.07, 6.45) is 7.19. The summed E-state index contributed by atoms with van der Waals surface area (Å²) >= 11 is 1.70. The number of allylic oxidation sites excluding steroid dienone is 1. The highest BCUT2D eigenvalue weighted by Crippen LogP contribution is 2.20. The maximum Gasteiger partial charge on any atom is 0.230 e. The minimum absolute atomic E-state index is 0.165. The molecule has 0 fully saturated rings. The van der Waals surface area contributed by atoms with Gasteiger partial charge in [0.2, 0.25) is 5.91 Å². The molecule has 1 unspecified atom stereocenters. The van der Waals surface area contributed by atoms with E-state index in [1.807, 2.05) is 0 Å². The molecule has 0 aromatic heterocycles. The molecule has 16 heavy (non-hydrogen) atoms. The van der Waals surface area contributed by atoms with Crippen LogP contribution >= 0.6 is 11.8 Å². The van der Waals surface area contributed by atoms with E-state index in [1.165, 1.54) is 24.8 Å². The van der Waals surface area contributed by atoms with Crippen molar-refractivity contribution >= 4 is 17.7 Å². The Morgan fingerprint density at radius 1 is 1.44 bits per heavy atom. The fourth-order valence-electron chi connectivity index (χ4n) is 1.87. The Morgan fingerprint density at radius 2 is 2.19 bits per heavy atom. The van der Waals surface area contributed by atoms with E-state index in [9.17, 15) is 4.79 Å². The van der Waals surface area contributed by atoms with Gasteiger partial charge >= 0.3 is 0 Å². The summed E-state index contributed by atoms with van der Waals surface area (Å²) in [7, 11) is 0. The minimum atomic E-state index is 0.165. The van der Waals surface area contributed by atoms with Gasteiger partial charge in [-0.15, -0.1) is 11.8 Å². The van der Waals surface area contributed by atoms with E-state index in [2.05, 4.69) is 32.2 Å². The van der Waals surface area contributed by atoms with Gasteiger partial charge in [-0.2, -0.15) is 0 Å². The minimum Gasteiger partial charge on any atom is -0.349 e. The lowest BCUT2D eigenvalue weighted by Crippen LogP contribution is -2.35. The van der Waals surface area contributed by atoms with Crippen molar-refractivity contribution in [3.8, 4) is 0 Å². The molecule has 3 heteroatoms. The molecule has 1 rings (SSSR count). The van der Waals surface area contributed by atoms with Crippen LogP contribution in [0, 0.1) is 0 Å². The molecule has 0 bridgehead atoms. The Kier molecular flexibility index (Phi) is 5.96. The molecule has 1 aliphatic rings. The summed E-state index contributed by atoms with van der Waals surface area (Å²) < 4.78 is 0. The van der Waals surface area contributed by atoms with Crippen molar-refractivity contribution in [3.63, 3.8) is 0 Å².